The smallest absolute Gasteiger partial charge is 0.0541 e. The Morgan fingerprint density at radius 2 is 1.32 bits per heavy atom. The third-order valence-corrected chi connectivity index (χ3v) is 11.7. The SMILES string of the molecule is C1=C(c2ccc(N3c4ccc(-c5ccc6c(c5)c5ccccc5n6-c5ccc(-c6cccnc6)cc5)cc4C4CCCCC43)cc2)CCCC1. The zero-order valence-corrected chi connectivity index (χ0v) is 28.4. The number of fused-ring (bicyclic) bond motifs is 6. The minimum absolute atomic E-state index is 0.541. The van der Waals surface area contributed by atoms with Gasteiger partial charge in [0.25, 0.3) is 0 Å². The van der Waals surface area contributed by atoms with Gasteiger partial charge in [-0.1, -0.05) is 79.6 Å². The topological polar surface area (TPSA) is 21.1 Å². The van der Waals surface area contributed by atoms with Gasteiger partial charge in [0, 0.05) is 52.2 Å². The second kappa shape index (κ2) is 12.2. The Kier molecular flexibility index (Phi) is 7.18. The Morgan fingerprint density at radius 3 is 2.16 bits per heavy atom. The van der Waals surface area contributed by atoms with E-state index in [4.69, 9.17) is 0 Å². The van der Waals surface area contributed by atoms with E-state index < -0.39 is 0 Å². The van der Waals surface area contributed by atoms with Crippen LogP contribution in [-0.4, -0.2) is 15.6 Å². The highest BCUT2D eigenvalue weighted by Gasteiger charge is 2.40. The van der Waals surface area contributed by atoms with Crippen LogP contribution < -0.4 is 4.90 Å². The quantitative estimate of drug-likeness (QED) is 0.185. The van der Waals surface area contributed by atoms with E-state index in [0.717, 1.165) is 5.56 Å². The monoisotopic (exact) mass is 647 g/mol. The van der Waals surface area contributed by atoms with Gasteiger partial charge in [-0.15, -0.1) is 0 Å². The molecular weight excluding hydrogens is 607 g/mol. The summed E-state index contributed by atoms with van der Waals surface area (Å²) in [4.78, 5) is 6.99. The first-order valence-corrected chi connectivity index (χ1v) is 18.6. The molecule has 1 fully saturated rings. The minimum atomic E-state index is 0.541. The number of aromatic nitrogens is 2. The molecule has 1 aliphatic heterocycles. The van der Waals surface area contributed by atoms with E-state index in [0.29, 0.717) is 12.0 Å². The summed E-state index contributed by atoms with van der Waals surface area (Å²) in [5.74, 6) is 0.583. The van der Waals surface area contributed by atoms with Gasteiger partial charge in [0.2, 0.25) is 0 Å². The molecule has 0 spiro atoms. The van der Waals surface area contributed by atoms with Crippen LogP contribution in [0.15, 0.2) is 140 Å². The van der Waals surface area contributed by atoms with Crippen molar-refractivity contribution in [2.24, 2.45) is 0 Å². The molecule has 3 nitrogen and oxygen atoms in total. The summed E-state index contributed by atoms with van der Waals surface area (Å²) in [5, 5.41) is 2.58. The molecule has 50 heavy (non-hydrogen) atoms. The Hall–Kier alpha value is -5.41. The van der Waals surface area contributed by atoms with Gasteiger partial charge in [0.1, 0.15) is 0 Å². The van der Waals surface area contributed by atoms with Crippen LogP contribution in [0.4, 0.5) is 11.4 Å². The minimum Gasteiger partial charge on any atom is -0.338 e. The Labute approximate surface area is 294 Å². The first-order valence-electron chi connectivity index (χ1n) is 18.6. The third-order valence-electron chi connectivity index (χ3n) is 11.7. The van der Waals surface area contributed by atoms with Gasteiger partial charge in [-0.05, 0) is 138 Å². The summed E-state index contributed by atoms with van der Waals surface area (Å²) in [7, 11) is 0. The Morgan fingerprint density at radius 1 is 0.560 bits per heavy atom. The van der Waals surface area contributed by atoms with E-state index in [1.165, 1.54) is 124 Å². The molecule has 244 valence electrons. The van der Waals surface area contributed by atoms with Crippen molar-refractivity contribution < 1.29 is 0 Å². The number of hydrogen-bond donors (Lipinski definition) is 0. The first-order chi connectivity index (χ1) is 24.8. The number of benzene rings is 5. The maximum atomic E-state index is 4.31. The van der Waals surface area contributed by atoms with Crippen molar-refractivity contribution in [2.45, 2.75) is 63.3 Å². The molecule has 0 N–H and O–H groups in total. The molecule has 1 saturated carbocycles. The largest absolute Gasteiger partial charge is 0.338 e. The van der Waals surface area contributed by atoms with E-state index in [2.05, 4.69) is 136 Å². The Balaban J connectivity index is 1.02. The molecule has 0 amide bonds. The molecule has 7 aromatic rings. The molecule has 3 aliphatic rings. The maximum Gasteiger partial charge on any atom is 0.0541 e. The van der Waals surface area contributed by atoms with E-state index >= 15 is 0 Å². The van der Waals surface area contributed by atoms with Crippen molar-refractivity contribution in [3.05, 3.63) is 151 Å². The van der Waals surface area contributed by atoms with Crippen LogP contribution >= 0.6 is 0 Å². The average Bonchev–Trinajstić information content (AvgIpc) is 3.71. The highest BCUT2D eigenvalue weighted by molar-refractivity contribution is 6.10. The van der Waals surface area contributed by atoms with Crippen LogP contribution in [0.2, 0.25) is 0 Å². The molecule has 2 unspecified atom stereocenters. The molecule has 5 aromatic carbocycles. The van der Waals surface area contributed by atoms with Gasteiger partial charge < -0.3 is 9.47 Å². The molecule has 0 bridgehead atoms. The molecule has 2 aliphatic carbocycles. The van der Waals surface area contributed by atoms with Crippen molar-refractivity contribution >= 4 is 38.8 Å². The van der Waals surface area contributed by atoms with Gasteiger partial charge in [0.15, 0.2) is 0 Å². The first kappa shape index (κ1) is 29.5. The number of nitrogens with zero attached hydrogens (tertiary/aromatic N) is 3. The number of pyridine rings is 1. The summed E-state index contributed by atoms with van der Waals surface area (Å²) in [6, 6.07) is 46.2. The van der Waals surface area contributed by atoms with Crippen LogP contribution in [0, 0.1) is 0 Å². The number of para-hydroxylation sites is 1. The standard InChI is InChI=1S/C47H41N3/c1-2-9-32(10-3-1)33-16-22-38(23-17-33)49-44-14-6-4-12-40(44)42-29-35(20-26-46(42)49)36-21-27-47-43(30-36)41-13-5-7-15-45(41)50(47)39-24-18-34(19-25-39)37-11-8-28-48-31-37/h5,7-9,11,13,15-31,40,44H,1-4,6,10,12,14H2. The van der Waals surface area contributed by atoms with E-state index in [9.17, 15) is 0 Å². The zero-order chi connectivity index (χ0) is 33.0. The van der Waals surface area contributed by atoms with Gasteiger partial charge in [-0.25, -0.2) is 0 Å². The molecular formula is C47H41N3. The van der Waals surface area contributed by atoms with E-state index in [1.54, 1.807) is 0 Å². The lowest BCUT2D eigenvalue weighted by molar-refractivity contribution is 0.402. The van der Waals surface area contributed by atoms with Crippen molar-refractivity contribution in [3.8, 4) is 27.9 Å². The maximum absolute atomic E-state index is 4.31. The third kappa shape index (κ3) is 4.90. The summed E-state index contributed by atoms with van der Waals surface area (Å²) >= 11 is 0. The lowest BCUT2D eigenvalue weighted by Crippen LogP contribution is -2.32. The normalized spacial score (nSPS) is 18.6. The fraction of sp³-hybridized carbons (Fsp3) is 0.213. The van der Waals surface area contributed by atoms with Crippen molar-refractivity contribution in [1.82, 2.24) is 9.55 Å². The van der Waals surface area contributed by atoms with Gasteiger partial charge in [0.05, 0.1) is 11.0 Å². The fourth-order valence-corrected chi connectivity index (χ4v) is 9.25. The van der Waals surface area contributed by atoms with Crippen LogP contribution in [0.25, 0.3) is 55.3 Å². The second-order valence-electron chi connectivity index (χ2n) is 14.5. The predicted molar refractivity (Wildman–Crippen MR) is 209 cm³/mol. The van der Waals surface area contributed by atoms with Crippen molar-refractivity contribution in [1.29, 1.82) is 0 Å². The molecule has 2 atom stereocenters. The zero-order valence-electron chi connectivity index (χ0n) is 28.4. The molecule has 3 heteroatoms. The lowest BCUT2D eigenvalue weighted by atomic mass is 9.82. The molecule has 0 radical (unpaired) electrons. The average molecular weight is 648 g/mol. The van der Waals surface area contributed by atoms with Gasteiger partial charge in [-0.3, -0.25) is 4.98 Å². The number of anilines is 2. The van der Waals surface area contributed by atoms with Gasteiger partial charge >= 0.3 is 0 Å². The summed E-state index contributed by atoms with van der Waals surface area (Å²) < 4.78 is 2.41. The lowest BCUT2D eigenvalue weighted by Gasteiger charge is -2.33. The number of allylic oxidation sites excluding steroid dienone is 2. The molecule has 2 aromatic heterocycles. The van der Waals surface area contributed by atoms with Crippen LogP contribution in [-0.2, 0) is 0 Å². The summed E-state index contributed by atoms with van der Waals surface area (Å²) in [6.07, 6.45) is 16.5. The Bertz CT molecular complexity index is 2380. The van der Waals surface area contributed by atoms with E-state index in [-0.39, 0.29) is 0 Å². The van der Waals surface area contributed by atoms with Crippen LogP contribution in [0.1, 0.15) is 68.4 Å². The number of rotatable bonds is 5. The van der Waals surface area contributed by atoms with Crippen molar-refractivity contribution in [2.75, 3.05) is 4.90 Å². The summed E-state index contributed by atoms with van der Waals surface area (Å²) in [5.41, 5.74) is 15.8. The highest BCUT2D eigenvalue weighted by atomic mass is 15.2. The highest BCUT2D eigenvalue weighted by Crippen LogP contribution is 2.52. The van der Waals surface area contributed by atoms with Crippen LogP contribution in [0.5, 0.6) is 0 Å². The van der Waals surface area contributed by atoms with E-state index in [1.807, 2.05) is 18.5 Å². The van der Waals surface area contributed by atoms with Crippen molar-refractivity contribution in [3.63, 3.8) is 0 Å². The second-order valence-corrected chi connectivity index (χ2v) is 14.5. The predicted octanol–water partition coefficient (Wildman–Crippen LogP) is 12.6. The van der Waals surface area contributed by atoms with Gasteiger partial charge in [-0.2, -0.15) is 0 Å². The molecule has 3 heterocycles. The summed E-state index contributed by atoms with van der Waals surface area (Å²) in [6.45, 7) is 0. The molecule has 10 rings (SSSR count). The van der Waals surface area contributed by atoms with Crippen LogP contribution in [0.3, 0.4) is 0 Å². The number of hydrogen-bond acceptors (Lipinski definition) is 2. The fourth-order valence-electron chi connectivity index (χ4n) is 9.25. The molecule has 0 saturated heterocycles.